The second-order valence-electron chi connectivity index (χ2n) is 29.8. The number of carbonyl (C=O) groups is 9. The van der Waals surface area contributed by atoms with Gasteiger partial charge in [0.15, 0.2) is 0 Å². The van der Waals surface area contributed by atoms with Crippen LogP contribution < -0.4 is 48.7 Å². The fourth-order valence-corrected chi connectivity index (χ4v) is 12.4. The van der Waals surface area contributed by atoms with E-state index in [-0.39, 0.29) is 162 Å². The molecule has 0 aliphatic carbocycles. The van der Waals surface area contributed by atoms with Crippen molar-refractivity contribution in [1.29, 1.82) is 0 Å². The minimum absolute atomic E-state index is 0.00221. The van der Waals surface area contributed by atoms with Crippen molar-refractivity contribution in [3.05, 3.63) is 42.0 Å². The van der Waals surface area contributed by atoms with E-state index < -0.39 is 240 Å². The van der Waals surface area contributed by atoms with E-state index in [1.54, 1.807) is 26.0 Å². The number of rotatable bonds is 69. The van der Waals surface area contributed by atoms with Crippen molar-refractivity contribution in [1.82, 2.24) is 46.6 Å². The first-order valence-electron chi connectivity index (χ1n) is 40.2. The minimum atomic E-state index is -2.13. The summed E-state index contributed by atoms with van der Waals surface area (Å²) in [5, 5.41) is 234. The number of nitrogens with zero attached hydrogens (tertiary/aromatic N) is 3. The number of aliphatic hydroxyl groups excluding tert-OH is 21. The standard InChI is InChI=1S/C75H134N12O33/c1-43(2)61(74(116)83-49(13-9-23-79-75(77)117)72(114)80-46-16-14-44(38-88)15-17-46)84-73(115)48(12-5-8-26-86(36-52(95)64(106)68(110)56(99)41-91)37-53(96)65(107)69(111)57(100)42-92)82-70(112)45(10-3-6-22-76)20-24-78-71(113)47(81-58(101)21-28-118-30-32-120-33-31-119-29-27-87-59(102)18-19-60(87)103)11-4-7-25-85(34-50(93)62(104)66(108)54(97)39-89)35-51(94)63(105)67(109)55(98)40-90/h14-19,43,45,47-57,61-69,88-100,104-111H,3-13,20-42,76H2,1-2H3,(H,78,113)(H,80,114)(H,81,101)(H,82,112)(H,83,116)(H,84,115)(H3,77,79,117)/t45-,47+,48+,49+,50+,51+,52+,53+,54-,55-,56-,57-,61+,62-,63-,64-,65-,66-,67-,68-,69-/m1/s1. The summed E-state index contributed by atoms with van der Waals surface area (Å²) in [6.45, 7) is -4.17. The number of hydrogen-bond donors (Lipinski definition) is 30. The molecular formula is C75H134N12O33. The number of nitrogens with one attached hydrogen (secondary N) is 7. The van der Waals surface area contributed by atoms with Gasteiger partial charge in [0, 0.05) is 69.4 Å². The van der Waals surface area contributed by atoms with Crippen molar-refractivity contribution in [3.63, 3.8) is 0 Å². The maximum absolute atomic E-state index is 15.0. The van der Waals surface area contributed by atoms with E-state index in [0.717, 1.165) is 17.1 Å². The Morgan fingerprint density at radius 3 is 1.25 bits per heavy atom. The molecule has 692 valence electrons. The molecular weight excluding hydrogens is 1600 g/mol. The summed E-state index contributed by atoms with van der Waals surface area (Å²) in [6.07, 6.45) is -30.1. The Hall–Kier alpha value is -6.89. The highest BCUT2D eigenvalue weighted by atomic mass is 16.5. The highest BCUT2D eigenvalue weighted by molar-refractivity contribution is 6.12. The molecule has 0 saturated carbocycles. The van der Waals surface area contributed by atoms with E-state index >= 15 is 0 Å². The Morgan fingerprint density at radius 1 is 0.425 bits per heavy atom. The maximum atomic E-state index is 15.0. The fourth-order valence-electron chi connectivity index (χ4n) is 12.4. The summed E-state index contributed by atoms with van der Waals surface area (Å²) in [6, 6.07) is -0.451. The highest BCUT2D eigenvalue weighted by Crippen LogP contribution is 2.20. The lowest BCUT2D eigenvalue weighted by molar-refractivity contribution is -0.138. The number of anilines is 1. The normalized spacial score (nSPS) is 17.8. The quantitative estimate of drug-likeness (QED) is 0.0213. The number of unbranched alkanes of at least 4 members (excludes halogenated alkanes) is 3. The van der Waals surface area contributed by atoms with Crippen LogP contribution in [0.4, 0.5) is 10.5 Å². The zero-order valence-corrected chi connectivity index (χ0v) is 68.0. The number of carbonyl (C=O) groups excluding carboxylic acids is 9. The van der Waals surface area contributed by atoms with Gasteiger partial charge in [-0.15, -0.1) is 0 Å². The topological polar surface area (TPSA) is 752 Å². The van der Waals surface area contributed by atoms with Crippen LogP contribution >= 0.6 is 0 Å². The lowest BCUT2D eigenvalue weighted by Gasteiger charge is -2.33. The fraction of sp³-hybridized carbons (Fsp3) is 0.773. The molecule has 0 fully saturated rings. The van der Waals surface area contributed by atoms with E-state index in [1.807, 2.05) is 0 Å². The molecule has 120 heavy (non-hydrogen) atoms. The molecule has 32 N–H and O–H groups in total. The molecule has 21 atom stereocenters. The summed E-state index contributed by atoms with van der Waals surface area (Å²) in [5.74, 6) is -7.53. The van der Waals surface area contributed by atoms with Crippen LogP contribution in [-0.4, -0.2) is 429 Å². The van der Waals surface area contributed by atoms with Crippen molar-refractivity contribution in [2.45, 2.75) is 226 Å². The first-order chi connectivity index (χ1) is 56.9. The Morgan fingerprint density at radius 2 is 0.825 bits per heavy atom. The van der Waals surface area contributed by atoms with E-state index in [1.165, 1.54) is 21.9 Å². The number of ether oxygens (including phenoxy) is 3. The maximum Gasteiger partial charge on any atom is 0.312 e. The molecule has 0 unspecified atom stereocenters. The number of nitrogens with two attached hydrogens (primary N) is 2. The molecule has 1 aromatic carbocycles. The average Bonchev–Trinajstić information content (AvgIpc) is 0.953. The average molecular weight is 1730 g/mol. The zero-order valence-electron chi connectivity index (χ0n) is 68.0. The van der Waals surface area contributed by atoms with Crippen LogP contribution in [0.15, 0.2) is 36.4 Å². The molecule has 0 aromatic heterocycles. The number of urea groups is 1. The second kappa shape index (κ2) is 60.6. The van der Waals surface area contributed by atoms with Gasteiger partial charge in [-0.05, 0) is 114 Å². The van der Waals surface area contributed by atoms with Crippen molar-refractivity contribution in [3.8, 4) is 0 Å². The summed E-state index contributed by atoms with van der Waals surface area (Å²) in [7, 11) is 0. The van der Waals surface area contributed by atoms with Crippen molar-refractivity contribution >= 4 is 59.0 Å². The predicted octanol–water partition coefficient (Wildman–Crippen LogP) is -12.5. The molecule has 1 heterocycles. The van der Waals surface area contributed by atoms with E-state index in [2.05, 4.69) is 37.2 Å². The lowest BCUT2D eigenvalue weighted by atomic mass is 9.95. The molecule has 0 saturated heterocycles. The highest BCUT2D eigenvalue weighted by Gasteiger charge is 2.39. The Labute approximate surface area is 695 Å². The number of hydrogen-bond acceptors (Lipinski definition) is 36. The number of aliphatic hydroxyl groups is 21. The molecule has 45 heteroatoms. The van der Waals surface area contributed by atoms with Gasteiger partial charge in [0.05, 0.1) is 104 Å². The van der Waals surface area contributed by atoms with Gasteiger partial charge in [-0.3, -0.25) is 53.1 Å². The van der Waals surface area contributed by atoms with Crippen LogP contribution in [0.3, 0.4) is 0 Å². The Balaban J connectivity index is 2.63. The summed E-state index contributed by atoms with van der Waals surface area (Å²) in [5.41, 5.74) is 12.0. The SMILES string of the molecule is CC(C)[C@H](NC(=O)[C@H](CCCCN(C[C@H](O)[C@@H](O)[C@H](O)[C@H](O)CO)C[C@H](O)[C@@H](O)[C@H](O)[C@H](O)CO)NC(=O)[C@H](CCCCN)CCNC(=O)[C@H](CCCCN(C[C@H](O)[C@@H](O)[C@H](O)[C@H](O)CO)C[C@H](O)[C@@H](O)[C@H](O)[C@H](O)CO)NC(=O)CCOCCOCCOCCN1C(=O)C=CC1=O)C(=O)N[C@@H](CCCNC(N)=O)C(=O)Nc1ccc(CO)cc1. The van der Waals surface area contributed by atoms with E-state index in [0.29, 0.717) is 18.4 Å². The Kier molecular flexibility index (Phi) is 55.1. The first-order valence-corrected chi connectivity index (χ1v) is 40.2. The molecule has 1 aliphatic heterocycles. The van der Waals surface area contributed by atoms with Gasteiger partial charge in [-0.2, -0.15) is 0 Å². The molecule has 10 amide bonds. The number of amides is 10. The molecule has 0 radical (unpaired) electrons. The third kappa shape index (κ3) is 41.5. The predicted molar refractivity (Wildman–Crippen MR) is 422 cm³/mol. The van der Waals surface area contributed by atoms with Crippen molar-refractivity contribution < 1.29 is 165 Å². The molecule has 0 bridgehead atoms. The summed E-state index contributed by atoms with van der Waals surface area (Å²) < 4.78 is 16.5. The third-order valence-corrected chi connectivity index (χ3v) is 19.8. The molecule has 1 aromatic rings. The van der Waals surface area contributed by atoms with E-state index in [9.17, 15) is 150 Å². The van der Waals surface area contributed by atoms with Crippen LogP contribution in [-0.2, 0) is 59.2 Å². The summed E-state index contributed by atoms with van der Waals surface area (Å²) >= 11 is 0. The van der Waals surface area contributed by atoms with Crippen molar-refractivity contribution in [2.75, 3.05) is 137 Å². The second-order valence-corrected chi connectivity index (χ2v) is 29.8. The molecule has 1 aliphatic rings. The summed E-state index contributed by atoms with van der Waals surface area (Å²) in [4.78, 5) is 125. The van der Waals surface area contributed by atoms with Gasteiger partial charge < -0.3 is 170 Å². The van der Waals surface area contributed by atoms with Gasteiger partial charge in [0.25, 0.3) is 11.8 Å². The minimum Gasteiger partial charge on any atom is -0.394 e. The van der Waals surface area contributed by atoms with Crippen molar-refractivity contribution in [2.24, 2.45) is 23.3 Å². The molecule has 2 rings (SSSR count). The van der Waals surface area contributed by atoms with Crippen LogP contribution in [0.25, 0.3) is 0 Å². The van der Waals surface area contributed by atoms with Gasteiger partial charge in [-0.25, -0.2) is 4.79 Å². The third-order valence-electron chi connectivity index (χ3n) is 19.8. The largest absolute Gasteiger partial charge is 0.394 e. The number of primary amides is 1. The van der Waals surface area contributed by atoms with Gasteiger partial charge in [0.1, 0.15) is 97.4 Å². The van der Waals surface area contributed by atoms with Gasteiger partial charge in [0.2, 0.25) is 35.4 Å². The number of imide groups is 1. The van der Waals surface area contributed by atoms with E-state index in [4.69, 9.17) is 25.7 Å². The Bertz CT molecular complexity index is 3050. The molecule has 45 nitrogen and oxygen atoms in total. The smallest absolute Gasteiger partial charge is 0.312 e. The van der Waals surface area contributed by atoms with Gasteiger partial charge in [-0.1, -0.05) is 32.4 Å². The monoisotopic (exact) mass is 1730 g/mol. The lowest BCUT2D eigenvalue weighted by Crippen LogP contribution is -2.58. The molecule has 0 spiro atoms. The van der Waals surface area contributed by atoms with Crippen LogP contribution in [0.2, 0.25) is 0 Å². The van der Waals surface area contributed by atoms with Crippen LogP contribution in [0.1, 0.15) is 103 Å². The first kappa shape index (κ1) is 109. The van der Waals surface area contributed by atoms with Crippen LogP contribution in [0.5, 0.6) is 0 Å². The number of benzene rings is 1. The van der Waals surface area contributed by atoms with Gasteiger partial charge >= 0.3 is 6.03 Å². The van der Waals surface area contributed by atoms with Crippen LogP contribution in [0, 0.1) is 11.8 Å². The zero-order chi connectivity index (χ0) is 90.1.